The van der Waals surface area contributed by atoms with Crippen LogP contribution in [-0.2, 0) is 10.1 Å². The predicted molar refractivity (Wildman–Crippen MR) is 93.2 cm³/mol. The molecule has 6 nitrogen and oxygen atoms in total. The summed E-state index contributed by atoms with van der Waals surface area (Å²) in [4.78, 5) is 7.13. The predicted octanol–water partition coefficient (Wildman–Crippen LogP) is 4.93. The molecule has 0 aliphatic rings. The summed E-state index contributed by atoms with van der Waals surface area (Å²) in [5.74, 6) is -3.11. The van der Waals surface area contributed by atoms with Gasteiger partial charge in [-0.25, -0.2) is 9.38 Å². The van der Waals surface area contributed by atoms with Crippen LogP contribution in [0.5, 0.6) is 0 Å². The van der Waals surface area contributed by atoms with Crippen molar-refractivity contribution >= 4 is 29.5 Å². The highest BCUT2D eigenvalue weighted by Crippen LogP contribution is 2.32. The molecule has 13 heteroatoms. The second kappa shape index (κ2) is 8.01. The number of halogens is 7. The van der Waals surface area contributed by atoms with E-state index in [0.29, 0.717) is 6.92 Å². The number of aryl methyl sites for hydroxylation is 1. The van der Waals surface area contributed by atoms with Crippen LogP contribution in [0.2, 0.25) is 0 Å². The molecular weight excluding hydrogens is 428 g/mol. The Morgan fingerprint density at radius 2 is 1.93 bits per heavy atom. The third kappa shape index (κ3) is 4.86. The number of hydrogen-bond donors (Lipinski definition) is 0. The summed E-state index contributed by atoms with van der Waals surface area (Å²) >= 11 is 5.03. The highest BCUT2D eigenvalue weighted by molar-refractivity contribution is 6.21. The molecule has 0 spiro atoms. The van der Waals surface area contributed by atoms with Crippen LogP contribution >= 0.6 is 11.6 Å². The van der Waals surface area contributed by atoms with Crippen molar-refractivity contribution in [2.24, 2.45) is 4.99 Å². The minimum atomic E-state index is -4.74. The molecule has 0 fully saturated rings. The molecule has 0 aliphatic carbocycles. The lowest BCUT2D eigenvalue weighted by atomic mass is 10.1. The van der Waals surface area contributed by atoms with Gasteiger partial charge in [-0.3, -0.25) is 9.38 Å². The maximum Gasteiger partial charge on any atom is 0.425 e. The van der Waals surface area contributed by atoms with Crippen LogP contribution in [0.4, 0.5) is 26.3 Å². The molecule has 0 aromatic carbocycles. The van der Waals surface area contributed by atoms with Crippen LogP contribution in [0.25, 0.3) is 11.2 Å². The lowest BCUT2D eigenvalue weighted by Gasteiger charge is -2.17. The highest BCUT2D eigenvalue weighted by atomic mass is 35.5. The van der Waals surface area contributed by atoms with Gasteiger partial charge in [0.2, 0.25) is 11.7 Å². The minimum Gasteiger partial charge on any atom is -0.463 e. The Bertz CT molecular complexity index is 992. The van der Waals surface area contributed by atoms with Crippen molar-refractivity contribution in [3.63, 3.8) is 0 Å². The molecule has 2 rings (SSSR count). The number of fused-ring (bicyclic) bond motifs is 1. The first-order valence-corrected chi connectivity index (χ1v) is 8.21. The van der Waals surface area contributed by atoms with Gasteiger partial charge >= 0.3 is 11.6 Å². The van der Waals surface area contributed by atoms with E-state index in [1.807, 2.05) is 0 Å². The first kappa shape index (κ1) is 22.7. The quantitative estimate of drug-likeness (QED) is 0.210. The number of rotatable bonds is 6. The Hall–Kier alpha value is -2.63. The second-order valence-corrected chi connectivity index (χ2v) is 6.32. The summed E-state index contributed by atoms with van der Waals surface area (Å²) in [6.07, 6.45) is -5.17. The SMILES string of the molecule is C=N/C(O[C@@H](C)C(F)(F)F)=C(F)\C=C(/C)c1ncc2nnc(C(F)(F)Cl)n2c1C. The van der Waals surface area contributed by atoms with Gasteiger partial charge in [0, 0.05) is 5.69 Å². The van der Waals surface area contributed by atoms with Crippen LogP contribution in [0.15, 0.2) is 29.0 Å². The van der Waals surface area contributed by atoms with Crippen LogP contribution in [-0.4, -0.2) is 38.6 Å². The van der Waals surface area contributed by atoms with Crippen LogP contribution in [0.3, 0.4) is 0 Å². The molecule has 2 aromatic heterocycles. The van der Waals surface area contributed by atoms with Crippen molar-refractivity contribution in [3.8, 4) is 0 Å². The Balaban J connectivity index is 2.51. The first-order chi connectivity index (χ1) is 13.3. The van der Waals surface area contributed by atoms with Gasteiger partial charge in [-0.2, -0.15) is 22.0 Å². The van der Waals surface area contributed by atoms with E-state index in [0.717, 1.165) is 16.7 Å². The number of hydrogen-bond acceptors (Lipinski definition) is 5. The third-order valence-corrected chi connectivity index (χ3v) is 3.91. The molecule has 0 bridgehead atoms. The van der Waals surface area contributed by atoms with E-state index in [1.165, 1.54) is 13.8 Å². The van der Waals surface area contributed by atoms with Gasteiger partial charge in [-0.15, -0.1) is 10.2 Å². The monoisotopic (exact) mass is 441 g/mol. The maximum atomic E-state index is 14.4. The van der Waals surface area contributed by atoms with Gasteiger partial charge in [0.15, 0.2) is 17.6 Å². The number of aromatic nitrogens is 4. The zero-order valence-electron chi connectivity index (χ0n) is 15.2. The van der Waals surface area contributed by atoms with E-state index >= 15 is 0 Å². The standard InChI is InChI=1S/C16H14ClF6N5O/c1-7(5-10(18)13(24-4)29-9(3)16(21,22)23)12-8(2)28-11(6-25-12)26-27-14(28)15(17,19)20/h5-6,9H,4H2,1-3H3/b7-5+,13-10-/t9-/m0/s1. The largest absolute Gasteiger partial charge is 0.463 e. The number of allylic oxidation sites excluding steroid dienone is 3. The summed E-state index contributed by atoms with van der Waals surface area (Å²) in [5, 5.41) is 3.04. The van der Waals surface area contributed by atoms with E-state index in [9.17, 15) is 26.3 Å². The highest BCUT2D eigenvalue weighted by Gasteiger charge is 2.39. The fourth-order valence-corrected chi connectivity index (χ4v) is 2.45. The van der Waals surface area contributed by atoms with Gasteiger partial charge < -0.3 is 4.74 Å². The topological polar surface area (TPSA) is 64.7 Å². The Morgan fingerprint density at radius 1 is 1.31 bits per heavy atom. The van der Waals surface area contributed by atoms with E-state index in [4.69, 9.17) is 11.6 Å². The van der Waals surface area contributed by atoms with Crippen LogP contribution in [0.1, 0.15) is 31.1 Å². The Morgan fingerprint density at radius 3 is 2.45 bits per heavy atom. The molecule has 0 radical (unpaired) electrons. The molecule has 0 aliphatic heterocycles. The van der Waals surface area contributed by atoms with Gasteiger partial charge in [0.25, 0.3) is 0 Å². The minimum absolute atomic E-state index is 0.0267. The van der Waals surface area contributed by atoms with Crippen molar-refractivity contribution < 1.29 is 31.1 Å². The normalized spacial score (nSPS) is 15.3. The van der Waals surface area contributed by atoms with Crippen molar-refractivity contribution in [2.45, 2.75) is 38.4 Å². The lowest BCUT2D eigenvalue weighted by Crippen LogP contribution is -2.28. The molecule has 158 valence electrons. The summed E-state index contributed by atoms with van der Waals surface area (Å²) in [7, 11) is 0. The summed E-state index contributed by atoms with van der Waals surface area (Å²) < 4.78 is 84.6. The van der Waals surface area contributed by atoms with Crippen molar-refractivity contribution in [2.75, 3.05) is 0 Å². The van der Waals surface area contributed by atoms with E-state index in [1.54, 1.807) is 0 Å². The number of aliphatic imine (C=N–C) groups is 1. The molecule has 2 aromatic rings. The molecule has 2 heterocycles. The summed E-state index contributed by atoms with van der Waals surface area (Å²) in [6, 6.07) is 0. The number of ether oxygens (including phenoxy) is 1. The fourth-order valence-electron chi connectivity index (χ4n) is 2.33. The summed E-state index contributed by atoms with van der Waals surface area (Å²) in [5.41, 5.74) is 0.189. The van der Waals surface area contributed by atoms with Gasteiger partial charge in [-0.05, 0) is 50.7 Å². The van der Waals surface area contributed by atoms with Crippen molar-refractivity contribution in [1.82, 2.24) is 19.6 Å². The molecule has 0 unspecified atom stereocenters. The molecule has 1 atom stereocenters. The van der Waals surface area contributed by atoms with E-state index < -0.39 is 35.2 Å². The molecule has 0 saturated carbocycles. The second-order valence-electron chi connectivity index (χ2n) is 5.85. The van der Waals surface area contributed by atoms with Crippen LogP contribution in [0, 0.1) is 6.92 Å². The molecule has 0 N–H and O–H groups in total. The van der Waals surface area contributed by atoms with Gasteiger partial charge in [0.05, 0.1) is 11.9 Å². The smallest absolute Gasteiger partial charge is 0.425 e. The Kier molecular flexibility index (Phi) is 6.26. The zero-order chi connectivity index (χ0) is 22.1. The number of alkyl halides is 6. The zero-order valence-corrected chi connectivity index (χ0v) is 16.0. The average molecular weight is 442 g/mol. The molecule has 0 amide bonds. The third-order valence-electron chi connectivity index (χ3n) is 3.74. The Labute approximate surface area is 165 Å². The average Bonchev–Trinajstić information content (AvgIpc) is 3.03. The fraction of sp³-hybridized carbons (Fsp3) is 0.375. The summed E-state index contributed by atoms with van der Waals surface area (Å²) in [6.45, 7) is 6.41. The van der Waals surface area contributed by atoms with Crippen LogP contribution < -0.4 is 0 Å². The molecular formula is C16H14ClF6N5O. The number of nitrogens with zero attached hydrogens (tertiary/aromatic N) is 5. The van der Waals surface area contributed by atoms with E-state index in [2.05, 4.69) is 31.6 Å². The molecule has 0 saturated heterocycles. The van der Waals surface area contributed by atoms with Crippen molar-refractivity contribution in [1.29, 1.82) is 0 Å². The maximum absolute atomic E-state index is 14.4. The van der Waals surface area contributed by atoms with Gasteiger partial charge in [-0.1, -0.05) is 0 Å². The lowest BCUT2D eigenvalue weighted by molar-refractivity contribution is -0.203. The van der Waals surface area contributed by atoms with Gasteiger partial charge in [0.1, 0.15) is 0 Å². The van der Waals surface area contributed by atoms with E-state index in [-0.39, 0.29) is 22.6 Å². The first-order valence-electron chi connectivity index (χ1n) is 7.83. The molecule has 29 heavy (non-hydrogen) atoms. The van der Waals surface area contributed by atoms with Crippen molar-refractivity contribution in [3.05, 3.63) is 41.2 Å².